The minimum Gasteiger partial charge on any atom is -0.497 e. The Balaban J connectivity index is 2.00. The molecular formula is C30H36ClN3O5S. The van der Waals surface area contributed by atoms with Crippen LogP contribution in [0.4, 0.5) is 5.69 Å². The zero-order chi connectivity index (χ0) is 29.3. The minimum absolute atomic E-state index is 0.0495. The number of sulfonamides is 1. The van der Waals surface area contributed by atoms with Gasteiger partial charge in [0.05, 0.1) is 17.7 Å². The summed E-state index contributed by atoms with van der Waals surface area (Å²) in [6.45, 7) is 5.56. The van der Waals surface area contributed by atoms with E-state index >= 15 is 0 Å². The number of halogens is 1. The third-order valence-corrected chi connectivity index (χ3v) is 8.51. The van der Waals surface area contributed by atoms with Crippen molar-refractivity contribution in [3.63, 3.8) is 0 Å². The first-order valence-electron chi connectivity index (χ1n) is 13.1. The summed E-state index contributed by atoms with van der Waals surface area (Å²) in [6, 6.07) is 19.0. The van der Waals surface area contributed by atoms with Crippen LogP contribution in [0.1, 0.15) is 37.8 Å². The van der Waals surface area contributed by atoms with E-state index in [4.69, 9.17) is 16.3 Å². The highest BCUT2D eigenvalue weighted by molar-refractivity contribution is 7.92. The number of nitrogens with zero attached hydrogens (tertiary/aromatic N) is 2. The van der Waals surface area contributed by atoms with Gasteiger partial charge in [0.2, 0.25) is 11.8 Å². The zero-order valence-corrected chi connectivity index (χ0v) is 24.8. The molecule has 1 atom stereocenters. The van der Waals surface area contributed by atoms with Gasteiger partial charge in [-0.2, -0.15) is 0 Å². The number of amides is 2. The molecule has 3 aromatic carbocycles. The maximum absolute atomic E-state index is 13.9. The molecule has 0 spiro atoms. The lowest BCUT2D eigenvalue weighted by molar-refractivity contribution is -0.139. The summed E-state index contributed by atoms with van der Waals surface area (Å²) >= 11 is 6.18. The number of aryl methyl sites for hydroxylation is 1. The normalized spacial score (nSPS) is 11.9. The molecule has 0 saturated carbocycles. The summed E-state index contributed by atoms with van der Waals surface area (Å²) in [6.07, 6.45) is 1.72. The average molecular weight is 586 g/mol. The third-order valence-electron chi connectivity index (χ3n) is 6.49. The second-order valence-electron chi connectivity index (χ2n) is 9.49. The molecule has 0 saturated heterocycles. The first-order chi connectivity index (χ1) is 19.1. The van der Waals surface area contributed by atoms with Crippen molar-refractivity contribution in [2.24, 2.45) is 0 Å². The first-order valence-corrected chi connectivity index (χ1v) is 14.9. The van der Waals surface area contributed by atoms with Gasteiger partial charge < -0.3 is 15.0 Å². The fourth-order valence-electron chi connectivity index (χ4n) is 4.07. The van der Waals surface area contributed by atoms with Crippen molar-refractivity contribution < 1.29 is 22.7 Å². The van der Waals surface area contributed by atoms with Gasteiger partial charge in [-0.25, -0.2) is 8.42 Å². The Labute approximate surface area is 241 Å². The molecule has 0 aliphatic heterocycles. The number of ether oxygens (including phenoxy) is 1. The topological polar surface area (TPSA) is 96.0 Å². The Bertz CT molecular complexity index is 1400. The third kappa shape index (κ3) is 7.99. The molecule has 0 bridgehead atoms. The second kappa shape index (κ2) is 14.2. The van der Waals surface area contributed by atoms with Crippen LogP contribution in [0, 0.1) is 6.92 Å². The van der Waals surface area contributed by atoms with Crippen LogP contribution in [0.25, 0.3) is 0 Å². The Morgan fingerprint density at radius 3 is 2.30 bits per heavy atom. The van der Waals surface area contributed by atoms with Crippen LogP contribution in [0.2, 0.25) is 5.02 Å². The van der Waals surface area contributed by atoms with E-state index in [1.807, 2.05) is 13.8 Å². The summed E-state index contributed by atoms with van der Waals surface area (Å²) in [4.78, 5) is 28.4. The molecule has 0 radical (unpaired) electrons. The number of hydrogen-bond donors (Lipinski definition) is 1. The van der Waals surface area contributed by atoms with Crippen LogP contribution >= 0.6 is 11.6 Å². The molecule has 0 heterocycles. The molecule has 2 amide bonds. The number of anilines is 1. The second-order valence-corrected chi connectivity index (χ2v) is 11.8. The van der Waals surface area contributed by atoms with Crippen LogP contribution in [0.5, 0.6) is 5.75 Å². The lowest BCUT2D eigenvalue weighted by Gasteiger charge is -2.32. The molecule has 0 fully saturated rings. The number of nitrogens with one attached hydrogen (secondary N) is 1. The van der Waals surface area contributed by atoms with Crippen molar-refractivity contribution in [2.75, 3.05) is 24.5 Å². The maximum atomic E-state index is 13.9. The maximum Gasteiger partial charge on any atom is 0.264 e. The zero-order valence-electron chi connectivity index (χ0n) is 23.3. The summed E-state index contributed by atoms with van der Waals surface area (Å²) in [5.41, 5.74) is 1.91. The van der Waals surface area contributed by atoms with Gasteiger partial charge in [0.1, 0.15) is 18.3 Å². The van der Waals surface area contributed by atoms with Gasteiger partial charge in [0, 0.05) is 18.1 Å². The molecule has 0 aromatic heterocycles. The number of unbranched alkanes of at least 4 members (excludes halogenated alkanes) is 1. The van der Waals surface area contributed by atoms with Crippen molar-refractivity contribution in [1.29, 1.82) is 0 Å². The molecule has 8 nitrogen and oxygen atoms in total. The fourth-order valence-corrected chi connectivity index (χ4v) is 5.69. The van der Waals surface area contributed by atoms with Gasteiger partial charge in [-0.05, 0) is 74.4 Å². The summed E-state index contributed by atoms with van der Waals surface area (Å²) < 4.78 is 34.0. The van der Waals surface area contributed by atoms with Gasteiger partial charge in [-0.1, -0.05) is 54.8 Å². The van der Waals surface area contributed by atoms with E-state index in [9.17, 15) is 18.0 Å². The molecule has 10 heteroatoms. The SMILES string of the molecule is CCCCNC(=O)C(C)N(Cc1cccc(Cl)c1)C(=O)CN(c1ccc(OC)cc1)S(=O)(=O)c1ccc(C)cc1. The molecule has 0 aliphatic carbocycles. The van der Waals surface area contributed by atoms with E-state index in [1.54, 1.807) is 67.6 Å². The highest BCUT2D eigenvalue weighted by Crippen LogP contribution is 2.27. The molecule has 3 rings (SSSR count). The predicted molar refractivity (Wildman–Crippen MR) is 158 cm³/mol. The summed E-state index contributed by atoms with van der Waals surface area (Å²) in [5, 5.41) is 3.36. The van der Waals surface area contributed by atoms with Crippen LogP contribution in [-0.2, 0) is 26.2 Å². The number of hydrogen-bond acceptors (Lipinski definition) is 5. The summed E-state index contributed by atoms with van der Waals surface area (Å²) in [5.74, 6) is -0.312. The van der Waals surface area contributed by atoms with Crippen LogP contribution in [-0.4, -0.2) is 51.4 Å². The summed E-state index contributed by atoms with van der Waals surface area (Å²) in [7, 11) is -2.62. The molecule has 0 aliphatic rings. The molecule has 40 heavy (non-hydrogen) atoms. The first kappa shape index (κ1) is 31.0. The molecule has 214 valence electrons. The Morgan fingerprint density at radius 2 is 1.70 bits per heavy atom. The van der Waals surface area contributed by atoms with Crippen molar-refractivity contribution in [3.05, 3.63) is 88.9 Å². The van der Waals surface area contributed by atoms with Gasteiger partial charge in [0.15, 0.2) is 0 Å². The number of benzene rings is 3. The smallest absolute Gasteiger partial charge is 0.264 e. The highest BCUT2D eigenvalue weighted by Gasteiger charge is 2.32. The van der Waals surface area contributed by atoms with Crippen molar-refractivity contribution in [1.82, 2.24) is 10.2 Å². The van der Waals surface area contributed by atoms with Crippen molar-refractivity contribution in [3.8, 4) is 5.75 Å². The van der Waals surface area contributed by atoms with Crippen LogP contribution in [0.3, 0.4) is 0 Å². The van der Waals surface area contributed by atoms with Gasteiger partial charge >= 0.3 is 0 Å². The molecule has 1 N–H and O–H groups in total. The standard InChI is InChI=1S/C30H36ClN3O5S/c1-5-6-18-32-30(36)23(3)33(20-24-8-7-9-25(31)19-24)29(35)21-34(26-12-14-27(39-4)15-13-26)40(37,38)28-16-10-22(2)11-17-28/h7-17,19,23H,5-6,18,20-21H2,1-4H3,(H,32,36). The quantitative estimate of drug-likeness (QED) is 0.279. The van der Waals surface area contributed by atoms with Gasteiger partial charge in [-0.3, -0.25) is 13.9 Å². The lowest BCUT2D eigenvalue weighted by atomic mass is 10.1. The van der Waals surface area contributed by atoms with Gasteiger partial charge in [-0.15, -0.1) is 0 Å². The lowest BCUT2D eigenvalue weighted by Crippen LogP contribution is -2.51. The Hall–Kier alpha value is -3.56. The van der Waals surface area contributed by atoms with Gasteiger partial charge in [0.25, 0.3) is 10.0 Å². The largest absolute Gasteiger partial charge is 0.497 e. The number of methoxy groups -OCH3 is 1. The Kier molecular flexibility index (Phi) is 11.0. The minimum atomic E-state index is -4.14. The average Bonchev–Trinajstić information content (AvgIpc) is 2.94. The van der Waals surface area contributed by atoms with E-state index in [2.05, 4.69) is 5.32 Å². The van der Waals surface area contributed by atoms with Crippen molar-refractivity contribution in [2.45, 2.75) is 51.1 Å². The number of rotatable bonds is 13. The van der Waals surface area contributed by atoms with Crippen LogP contribution in [0.15, 0.2) is 77.7 Å². The number of carbonyl (C=O) groups is 2. The van der Waals surface area contributed by atoms with E-state index in [1.165, 1.54) is 24.1 Å². The molecule has 1 unspecified atom stereocenters. The van der Waals surface area contributed by atoms with E-state index in [0.717, 1.165) is 22.7 Å². The number of carbonyl (C=O) groups excluding carboxylic acids is 2. The van der Waals surface area contributed by atoms with E-state index < -0.39 is 28.5 Å². The molecule has 3 aromatic rings. The fraction of sp³-hybridized carbons (Fsp3) is 0.333. The van der Waals surface area contributed by atoms with Crippen molar-refractivity contribution >= 4 is 39.1 Å². The predicted octanol–water partition coefficient (Wildman–Crippen LogP) is 5.19. The highest BCUT2D eigenvalue weighted by atomic mass is 35.5. The monoisotopic (exact) mass is 585 g/mol. The Morgan fingerprint density at radius 1 is 1.02 bits per heavy atom. The van der Waals surface area contributed by atoms with E-state index in [0.29, 0.717) is 22.9 Å². The van der Waals surface area contributed by atoms with Crippen LogP contribution < -0.4 is 14.4 Å². The van der Waals surface area contributed by atoms with E-state index in [-0.39, 0.29) is 23.0 Å². The molecular weight excluding hydrogens is 550 g/mol.